The molecule has 100 valence electrons. The summed E-state index contributed by atoms with van der Waals surface area (Å²) in [7, 11) is 1.99. The first kappa shape index (κ1) is 14.0. The topological polar surface area (TPSA) is 12.0 Å². The third kappa shape index (κ3) is 3.55. The number of hydrogen-bond donors (Lipinski definition) is 1. The van der Waals surface area contributed by atoms with E-state index in [1.807, 2.05) is 13.1 Å². The molecule has 1 nitrogen and oxygen atoms in total. The predicted molar refractivity (Wildman–Crippen MR) is 77.2 cm³/mol. The Morgan fingerprint density at radius 3 is 2.78 bits per heavy atom. The normalized spacial score (nSPS) is 18.2. The summed E-state index contributed by atoms with van der Waals surface area (Å²) in [4.78, 5) is 0. The SMILES string of the molecule is CNCC(Cc1cc(Br)ccc1F)C1CCCC1. The van der Waals surface area contributed by atoms with Crippen LogP contribution in [0.3, 0.4) is 0 Å². The smallest absolute Gasteiger partial charge is 0.126 e. The molecule has 1 aromatic rings. The first-order chi connectivity index (χ1) is 8.70. The van der Waals surface area contributed by atoms with Crippen molar-refractivity contribution in [2.45, 2.75) is 32.1 Å². The lowest BCUT2D eigenvalue weighted by molar-refractivity contribution is 0.325. The molecule has 0 heterocycles. The van der Waals surface area contributed by atoms with Crippen LogP contribution in [0.4, 0.5) is 4.39 Å². The van der Waals surface area contributed by atoms with Crippen molar-refractivity contribution in [3.8, 4) is 0 Å². The molecule has 0 spiro atoms. The van der Waals surface area contributed by atoms with Crippen molar-refractivity contribution in [1.82, 2.24) is 5.32 Å². The van der Waals surface area contributed by atoms with E-state index in [0.717, 1.165) is 28.9 Å². The highest BCUT2D eigenvalue weighted by Gasteiger charge is 2.25. The number of benzene rings is 1. The van der Waals surface area contributed by atoms with Crippen LogP contribution in [0.15, 0.2) is 22.7 Å². The minimum atomic E-state index is -0.0719. The van der Waals surface area contributed by atoms with Gasteiger partial charge in [-0.3, -0.25) is 0 Å². The van der Waals surface area contributed by atoms with E-state index >= 15 is 0 Å². The Hall–Kier alpha value is -0.410. The second kappa shape index (κ2) is 6.67. The Morgan fingerprint density at radius 1 is 1.39 bits per heavy atom. The van der Waals surface area contributed by atoms with Gasteiger partial charge in [0.25, 0.3) is 0 Å². The van der Waals surface area contributed by atoms with Gasteiger partial charge in [-0.2, -0.15) is 0 Å². The number of rotatable bonds is 5. The lowest BCUT2D eigenvalue weighted by atomic mass is 9.85. The summed E-state index contributed by atoms with van der Waals surface area (Å²) in [5, 5.41) is 3.26. The van der Waals surface area contributed by atoms with Crippen molar-refractivity contribution < 1.29 is 4.39 Å². The molecule has 1 aliphatic carbocycles. The van der Waals surface area contributed by atoms with Gasteiger partial charge in [0.05, 0.1) is 0 Å². The summed E-state index contributed by atoms with van der Waals surface area (Å²) in [5.41, 5.74) is 0.844. The summed E-state index contributed by atoms with van der Waals surface area (Å²) in [6.45, 7) is 0.983. The Balaban J connectivity index is 2.09. The fourth-order valence-corrected chi connectivity index (χ4v) is 3.49. The van der Waals surface area contributed by atoms with Gasteiger partial charge in [-0.15, -0.1) is 0 Å². The van der Waals surface area contributed by atoms with Crippen LogP contribution >= 0.6 is 15.9 Å². The third-order valence-electron chi connectivity index (χ3n) is 4.02. The van der Waals surface area contributed by atoms with Gasteiger partial charge in [-0.1, -0.05) is 41.6 Å². The monoisotopic (exact) mass is 313 g/mol. The van der Waals surface area contributed by atoms with E-state index < -0.39 is 0 Å². The van der Waals surface area contributed by atoms with Crippen LogP contribution in [-0.4, -0.2) is 13.6 Å². The summed E-state index contributed by atoms with van der Waals surface area (Å²) in [6, 6.07) is 5.25. The highest BCUT2D eigenvalue weighted by atomic mass is 79.9. The van der Waals surface area contributed by atoms with Gasteiger partial charge >= 0.3 is 0 Å². The molecule has 2 rings (SSSR count). The van der Waals surface area contributed by atoms with Crippen molar-refractivity contribution >= 4 is 15.9 Å². The van der Waals surface area contributed by atoms with Crippen LogP contribution in [0.25, 0.3) is 0 Å². The van der Waals surface area contributed by atoms with Crippen molar-refractivity contribution in [3.63, 3.8) is 0 Å². The Kier molecular flexibility index (Phi) is 5.19. The second-order valence-electron chi connectivity index (χ2n) is 5.30. The molecule has 0 bridgehead atoms. The van der Waals surface area contributed by atoms with Crippen molar-refractivity contribution in [2.24, 2.45) is 11.8 Å². The molecular formula is C15H21BrFN. The highest BCUT2D eigenvalue weighted by molar-refractivity contribution is 9.10. The quantitative estimate of drug-likeness (QED) is 0.860. The molecule has 1 unspecified atom stereocenters. The van der Waals surface area contributed by atoms with Crippen LogP contribution in [0.5, 0.6) is 0 Å². The van der Waals surface area contributed by atoms with E-state index in [1.165, 1.54) is 25.7 Å². The Labute approximate surface area is 117 Å². The molecule has 1 aliphatic rings. The first-order valence-electron chi connectivity index (χ1n) is 6.79. The molecule has 1 atom stereocenters. The Bertz CT molecular complexity index is 388. The maximum absolute atomic E-state index is 13.8. The van der Waals surface area contributed by atoms with Crippen LogP contribution < -0.4 is 5.32 Å². The van der Waals surface area contributed by atoms with E-state index in [4.69, 9.17) is 0 Å². The number of hydrogen-bond acceptors (Lipinski definition) is 1. The zero-order valence-corrected chi connectivity index (χ0v) is 12.5. The van der Waals surface area contributed by atoms with E-state index in [2.05, 4.69) is 21.2 Å². The van der Waals surface area contributed by atoms with E-state index in [1.54, 1.807) is 12.1 Å². The van der Waals surface area contributed by atoms with Crippen LogP contribution in [0.1, 0.15) is 31.2 Å². The second-order valence-corrected chi connectivity index (χ2v) is 6.22. The molecule has 0 radical (unpaired) electrons. The van der Waals surface area contributed by atoms with Gasteiger partial charge in [-0.25, -0.2) is 4.39 Å². The Morgan fingerprint density at radius 2 is 2.11 bits per heavy atom. The summed E-state index contributed by atoms with van der Waals surface area (Å²) in [6.07, 6.45) is 6.14. The van der Waals surface area contributed by atoms with Gasteiger partial charge in [0.1, 0.15) is 5.82 Å². The van der Waals surface area contributed by atoms with Crippen molar-refractivity contribution in [1.29, 1.82) is 0 Å². The predicted octanol–water partition coefficient (Wildman–Crippen LogP) is 4.16. The fourth-order valence-electron chi connectivity index (χ4n) is 3.08. The number of halogens is 2. The van der Waals surface area contributed by atoms with Crippen molar-refractivity contribution in [3.05, 3.63) is 34.1 Å². The van der Waals surface area contributed by atoms with E-state index in [-0.39, 0.29) is 5.82 Å². The number of nitrogens with one attached hydrogen (secondary N) is 1. The summed E-state index contributed by atoms with van der Waals surface area (Å²) < 4.78 is 14.8. The van der Waals surface area contributed by atoms with Crippen molar-refractivity contribution in [2.75, 3.05) is 13.6 Å². The first-order valence-corrected chi connectivity index (χ1v) is 7.58. The zero-order valence-electron chi connectivity index (χ0n) is 10.9. The van der Waals surface area contributed by atoms with Gasteiger partial charge in [0.15, 0.2) is 0 Å². The molecule has 0 aliphatic heterocycles. The van der Waals surface area contributed by atoms with Gasteiger partial charge in [0.2, 0.25) is 0 Å². The fraction of sp³-hybridized carbons (Fsp3) is 0.600. The molecule has 0 saturated heterocycles. The average Bonchev–Trinajstić information content (AvgIpc) is 2.87. The molecule has 3 heteroatoms. The third-order valence-corrected chi connectivity index (χ3v) is 4.52. The largest absolute Gasteiger partial charge is 0.319 e. The summed E-state index contributed by atoms with van der Waals surface area (Å²) >= 11 is 3.43. The van der Waals surface area contributed by atoms with Crippen LogP contribution in [0, 0.1) is 17.7 Å². The molecule has 0 amide bonds. The minimum absolute atomic E-state index is 0.0719. The molecule has 18 heavy (non-hydrogen) atoms. The molecular weight excluding hydrogens is 293 g/mol. The molecule has 1 aromatic carbocycles. The minimum Gasteiger partial charge on any atom is -0.319 e. The molecule has 0 aromatic heterocycles. The highest BCUT2D eigenvalue weighted by Crippen LogP contribution is 2.33. The lowest BCUT2D eigenvalue weighted by Crippen LogP contribution is -2.26. The van der Waals surface area contributed by atoms with Gasteiger partial charge < -0.3 is 5.32 Å². The molecule has 1 N–H and O–H groups in total. The lowest BCUT2D eigenvalue weighted by Gasteiger charge is -2.23. The van der Waals surface area contributed by atoms with Gasteiger partial charge in [0, 0.05) is 4.47 Å². The van der Waals surface area contributed by atoms with Crippen LogP contribution in [0.2, 0.25) is 0 Å². The maximum Gasteiger partial charge on any atom is 0.126 e. The van der Waals surface area contributed by atoms with E-state index in [0.29, 0.717) is 5.92 Å². The summed E-state index contributed by atoms with van der Waals surface area (Å²) in [5.74, 6) is 1.24. The maximum atomic E-state index is 13.8. The zero-order chi connectivity index (χ0) is 13.0. The van der Waals surface area contributed by atoms with Crippen LogP contribution in [-0.2, 0) is 6.42 Å². The molecule has 1 saturated carbocycles. The molecule has 1 fully saturated rings. The van der Waals surface area contributed by atoms with E-state index in [9.17, 15) is 4.39 Å². The average molecular weight is 314 g/mol. The van der Waals surface area contributed by atoms with Gasteiger partial charge in [-0.05, 0) is 55.6 Å². The standard InChI is InChI=1S/C15H21BrFN/c1-18-10-13(11-4-2-3-5-11)8-12-9-14(16)6-7-15(12)17/h6-7,9,11,13,18H,2-5,8,10H2,1H3.